The Balaban J connectivity index is 2.69. The Morgan fingerprint density at radius 2 is 2.27 bits per heavy atom. The van der Waals surface area contributed by atoms with E-state index in [4.69, 9.17) is 10.8 Å². The smallest absolute Gasteiger partial charge is 0.315 e. The fourth-order valence-corrected chi connectivity index (χ4v) is 0.743. The average molecular weight is 162 g/mol. The number of nitrogens with zero attached hydrogens (tertiary/aromatic N) is 1. The summed E-state index contributed by atoms with van der Waals surface area (Å²) in [7, 11) is 0. The minimum atomic E-state index is -2.57. The first-order valence-corrected chi connectivity index (χ1v) is 3.02. The second-order valence-electron chi connectivity index (χ2n) is 2.15. The van der Waals surface area contributed by atoms with Crippen LogP contribution in [0.25, 0.3) is 0 Å². The van der Waals surface area contributed by atoms with E-state index in [0.717, 1.165) is 11.1 Å². The summed E-state index contributed by atoms with van der Waals surface area (Å²) in [6.45, 7) is -2.58. The number of nitrogens with two attached hydrogens (primary N) is 1. The fourth-order valence-electron chi connectivity index (χ4n) is 0.743. The second kappa shape index (κ2) is 2.77. The maximum absolute atomic E-state index is 11.9. The van der Waals surface area contributed by atoms with Crippen molar-refractivity contribution >= 4 is 0 Å². The summed E-state index contributed by atoms with van der Waals surface area (Å²) in [5.74, 6) is -0.137. The summed E-state index contributed by atoms with van der Waals surface area (Å²) in [4.78, 5) is 0.731. The lowest BCUT2D eigenvalue weighted by Crippen LogP contribution is -2.28. The van der Waals surface area contributed by atoms with E-state index in [1.807, 2.05) is 0 Å². The van der Waals surface area contributed by atoms with Gasteiger partial charge >= 0.3 is 6.55 Å². The first-order chi connectivity index (χ1) is 5.11. The van der Waals surface area contributed by atoms with E-state index in [2.05, 4.69) is 0 Å². The number of rotatable bonds is 1. The van der Waals surface area contributed by atoms with Gasteiger partial charge in [-0.15, -0.1) is 0 Å². The molecular formula is C6H8F2N2O. The van der Waals surface area contributed by atoms with Crippen LogP contribution in [0.2, 0.25) is 0 Å². The molecule has 0 aromatic heterocycles. The summed E-state index contributed by atoms with van der Waals surface area (Å²) in [5, 5.41) is 8.87. The van der Waals surface area contributed by atoms with Crippen LogP contribution in [0.3, 0.4) is 0 Å². The minimum Gasteiger partial charge on any atom is -0.506 e. The zero-order chi connectivity index (χ0) is 8.43. The highest BCUT2D eigenvalue weighted by Gasteiger charge is 2.16. The third-order valence-corrected chi connectivity index (χ3v) is 1.35. The highest BCUT2D eigenvalue weighted by atomic mass is 19.3. The Labute approximate surface area is 62.4 Å². The van der Waals surface area contributed by atoms with Crippen LogP contribution in [0.15, 0.2) is 23.7 Å². The molecule has 0 aromatic rings. The zero-order valence-corrected chi connectivity index (χ0v) is 5.67. The van der Waals surface area contributed by atoms with Crippen LogP contribution >= 0.6 is 0 Å². The second-order valence-corrected chi connectivity index (χ2v) is 2.15. The van der Waals surface area contributed by atoms with Gasteiger partial charge in [0.15, 0.2) is 0 Å². The molecule has 1 aliphatic rings. The van der Waals surface area contributed by atoms with Crippen LogP contribution in [0, 0.1) is 0 Å². The quantitative estimate of drug-likeness (QED) is 0.560. The Morgan fingerprint density at radius 3 is 2.73 bits per heavy atom. The predicted molar refractivity (Wildman–Crippen MR) is 35.7 cm³/mol. The lowest BCUT2D eigenvalue weighted by molar-refractivity contribution is 0.0108. The number of aliphatic hydroxyl groups is 1. The highest BCUT2D eigenvalue weighted by Crippen LogP contribution is 2.13. The largest absolute Gasteiger partial charge is 0.506 e. The third-order valence-electron chi connectivity index (χ3n) is 1.35. The van der Waals surface area contributed by atoms with E-state index < -0.39 is 6.55 Å². The van der Waals surface area contributed by atoms with Crippen molar-refractivity contribution in [1.29, 1.82) is 0 Å². The van der Waals surface area contributed by atoms with E-state index in [-0.39, 0.29) is 18.0 Å². The van der Waals surface area contributed by atoms with Crippen molar-refractivity contribution in [1.82, 2.24) is 4.90 Å². The molecule has 5 heteroatoms. The van der Waals surface area contributed by atoms with Crippen LogP contribution in [0.4, 0.5) is 8.78 Å². The Morgan fingerprint density at radius 1 is 1.64 bits per heavy atom. The van der Waals surface area contributed by atoms with Crippen LogP contribution in [-0.4, -0.2) is 23.1 Å². The SMILES string of the molecule is NC1=CN(C(F)F)CC=C1O. The van der Waals surface area contributed by atoms with Crippen LogP contribution in [-0.2, 0) is 0 Å². The van der Waals surface area contributed by atoms with Gasteiger partial charge in [-0.05, 0) is 6.08 Å². The molecule has 0 spiro atoms. The Bertz CT molecular complexity index is 213. The number of hydrogen-bond acceptors (Lipinski definition) is 3. The van der Waals surface area contributed by atoms with Crippen molar-refractivity contribution in [3.05, 3.63) is 23.7 Å². The van der Waals surface area contributed by atoms with Gasteiger partial charge in [-0.2, -0.15) is 8.78 Å². The molecule has 1 rings (SSSR count). The standard InChI is InChI=1S/C6H8F2N2O/c7-6(8)10-2-1-5(11)4(9)3-10/h1,3,6,11H,2,9H2. The van der Waals surface area contributed by atoms with Crippen LogP contribution < -0.4 is 5.73 Å². The Hall–Kier alpha value is -1.26. The number of alkyl halides is 2. The summed E-state index contributed by atoms with van der Waals surface area (Å²) in [5.41, 5.74) is 5.14. The van der Waals surface area contributed by atoms with E-state index in [9.17, 15) is 8.78 Å². The summed E-state index contributed by atoms with van der Waals surface area (Å²) >= 11 is 0. The summed E-state index contributed by atoms with van der Waals surface area (Å²) in [6.07, 6.45) is 2.27. The van der Waals surface area contributed by atoms with Gasteiger partial charge in [0.25, 0.3) is 0 Å². The van der Waals surface area contributed by atoms with Gasteiger partial charge in [0.05, 0.1) is 5.70 Å². The maximum Gasteiger partial charge on any atom is 0.315 e. The van der Waals surface area contributed by atoms with E-state index in [1.165, 1.54) is 6.08 Å². The highest BCUT2D eigenvalue weighted by molar-refractivity contribution is 5.24. The van der Waals surface area contributed by atoms with Gasteiger partial charge in [0, 0.05) is 12.7 Å². The van der Waals surface area contributed by atoms with E-state index in [0.29, 0.717) is 0 Å². The number of hydrogen-bond donors (Lipinski definition) is 2. The molecule has 0 bridgehead atoms. The molecule has 62 valence electrons. The lowest BCUT2D eigenvalue weighted by atomic mass is 10.3. The maximum atomic E-state index is 11.9. The van der Waals surface area contributed by atoms with Crippen LogP contribution in [0.5, 0.6) is 0 Å². The monoisotopic (exact) mass is 162 g/mol. The molecule has 0 amide bonds. The van der Waals surface area contributed by atoms with Crippen LogP contribution in [0.1, 0.15) is 0 Å². The molecule has 0 radical (unpaired) electrons. The predicted octanol–water partition coefficient (Wildman–Crippen LogP) is 0.767. The van der Waals surface area contributed by atoms with Gasteiger partial charge in [-0.25, -0.2) is 0 Å². The number of aliphatic hydroxyl groups excluding tert-OH is 1. The molecule has 0 fully saturated rings. The molecule has 3 nitrogen and oxygen atoms in total. The van der Waals surface area contributed by atoms with Crippen molar-refractivity contribution in [3.63, 3.8) is 0 Å². The average Bonchev–Trinajstić information content (AvgIpc) is 1.94. The molecule has 3 N–H and O–H groups in total. The van der Waals surface area contributed by atoms with Gasteiger partial charge in [0.2, 0.25) is 0 Å². The molecule has 0 atom stereocenters. The third kappa shape index (κ3) is 1.60. The Kier molecular flexibility index (Phi) is 1.98. The first-order valence-electron chi connectivity index (χ1n) is 3.02. The molecule has 0 saturated heterocycles. The molecular weight excluding hydrogens is 154 g/mol. The number of halogens is 2. The summed E-state index contributed by atoms with van der Waals surface area (Å²) in [6, 6.07) is 0. The van der Waals surface area contributed by atoms with Gasteiger partial charge in [-0.1, -0.05) is 0 Å². The van der Waals surface area contributed by atoms with Crippen molar-refractivity contribution < 1.29 is 13.9 Å². The normalized spacial score (nSPS) is 18.3. The molecule has 1 heterocycles. The molecule has 0 aromatic carbocycles. The zero-order valence-electron chi connectivity index (χ0n) is 5.67. The molecule has 0 unspecified atom stereocenters. The van der Waals surface area contributed by atoms with Crippen molar-refractivity contribution in [3.8, 4) is 0 Å². The van der Waals surface area contributed by atoms with Crippen molar-refractivity contribution in [2.24, 2.45) is 5.73 Å². The van der Waals surface area contributed by atoms with Crippen molar-refractivity contribution in [2.75, 3.05) is 6.54 Å². The van der Waals surface area contributed by atoms with Gasteiger partial charge in [0.1, 0.15) is 5.76 Å². The fraction of sp³-hybridized carbons (Fsp3) is 0.333. The minimum absolute atomic E-state index is 0.00972. The summed E-state index contributed by atoms with van der Waals surface area (Å²) < 4.78 is 23.9. The topological polar surface area (TPSA) is 49.5 Å². The lowest BCUT2D eigenvalue weighted by Gasteiger charge is -2.21. The molecule has 11 heavy (non-hydrogen) atoms. The van der Waals surface area contributed by atoms with E-state index >= 15 is 0 Å². The van der Waals surface area contributed by atoms with Gasteiger partial charge < -0.3 is 15.7 Å². The van der Waals surface area contributed by atoms with Crippen molar-refractivity contribution in [2.45, 2.75) is 6.55 Å². The first kappa shape index (κ1) is 7.84. The molecule has 1 aliphatic heterocycles. The van der Waals surface area contributed by atoms with E-state index in [1.54, 1.807) is 0 Å². The molecule has 0 aliphatic carbocycles. The molecule has 0 saturated carbocycles. The van der Waals surface area contributed by atoms with Gasteiger partial charge in [-0.3, -0.25) is 0 Å².